The predicted molar refractivity (Wildman–Crippen MR) is 70.1 cm³/mol. The van der Waals surface area contributed by atoms with Gasteiger partial charge in [0.15, 0.2) is 0 Å². The zero-order valence-electron chi connectivity index (χ0n) is 10.2. The Morgan fingerprint density at radius 2 is 1.94 bits per heavy atom. The van der Waals surface area contributed by atoms with Crippen molar-refractivity contribution < 1.29 is 14.6 Å². The van der Waals surface area contributed by atoms with Crippen LogP contribution in [-0.4, -0.2) is 38.2 Å². The molecule has 0 aromatic heterocycles. The number of aliphatic hydroxyl groups excluding tert-OH is 1. The highest BCUT2D eigenvalue weighted by molar-refractivity contribution is 7.99. The van der Waals surface area contributed by atoms with E-state index in [1.54, 1.807) is 26.0 Å². The first-order valence-electron chi connectivity index (χ1n) is 5.45. The fourth-order valence-electron chi connectivity index (χ4n) is 1.55. The summed E-state index contributed by atoms with van der Waals surface area (Å²) >= 11 is 1.54. The normalized spacial score (nSPS) is 10.4. The largest absolute Gasteiger partial charge is 0.496 e. The van der Waals surface area contributed by atoms with Gasteiger partial charge in [-0.15, -0.1) is 11.8 Å². The molecule has 0 saturated carbocycles. The number of thioether (sulfide) groups is 1. The van der Waals surface area contributed by atoms with Crippen molar-refractivity contribution >= 4 is 11.8 Å². The van der Waals surface area contributed by atoms with E-state index in [-0.39, 0.29) is 6.61 Å². The Bertz CT molecular complexity index is 358. The Labute approximate surface area is 106 Å². The van der Waals surface area contributed by atoms with Crippen molar-refractivity contribution in [2.24, 2.45) is 5.73 Å². The van der Waals surface area contributed by atoms with E-state index in [1.165, 1.54) is 0 Å². The van der Waals surface area contributed by atoms with Crippen molar-refractivity contribution in [3.8, 4) is 11.5 Å². The van der Waals surface area contributed by atoms with Gasteiger partial charge < -0.3 is 20.3 Å². The topological polar surface area (TPSA) is 64.7 Å². The first-order valence-corrected chi connectivity index (χ1v) is 6.44. The van der Waals surface area contributed by atoms with Crippen LogP contribution in [0.1, 0.15) is 5.56 Å². The van der Waals surface area contributed by atoms with Gasteiger partial charge in [-0.05, 0) is 30.7 Å². The highest BCUT2D eigenvalue weighted by Crippen LogP contribution is 2.35. The van der Waals surface area contributed by atoms with E-state index in [4.69, 9.17) is 20.3 Å². The number of ether oxygens (including phenoxy) is 2. The van der Waals surface area contributed by atoms with Gasteiger partial charge >= 0.3 is 0 Å². The van der Waals surface area contributed by atoms with E-state index in [1.807, 2.05) is 12.1 Å². The van der Waals surface area contributed by atoms with Gasteiger partial charge in [0.2, 0.25) is 0 Å². The minimum absolute atomic E-state index is 0.140. The molecule has 0 heterocycles. The third-order valence-electron chi connectivity index (χ3n) is 2.33. The quantitative estimate of drug-likeness (QED) is 0.721. The van der Waals surface area contributed by atoms with Gasteiger partial charge in [0.25, 0.3) is 0 Å². The molecule has 1 aromatic rings. The van der Waals surface area contributed by atoms with E-state index >= 15 is 0 Å². The highest BCUT2D eigenvalue weighted by atomic mass is 32.2. The van der Waals surface area contributed by atoms with Crippen LogP contribution in [0, 0.1) is 0 Å². The molecule has 0 aliphatic rings. The second kappa shape index (κ2) is 7.42. The summed E-state index contributed by atoms with van der Waals surface area (Å²) in [5, 5.41) is 8.85. The van der Waals surface area contributed by atoms with Crippen molar-refractivity contribution in [2.75, 3.05) is 33.1 Å². The van der Waals surface area contributed by atoms with Crippen LogP contribution in [0.2, 0.25) is 0 Å². The SMILES string of the molecule is COc1cc(SCCO)c(OC)cc1CCN. The summed E-state index contributed by atoms with van der Waals surface area (Å²) in [6.45, 7) is 0.712. The maximum atomic E-state index is 8.85. The predicted octanol–water partition coefficient (Wildman–Crippen LogP) is 1.29. The minimum atomic E-state index is 0.140. The lowest BCUT2D eigenvalue weighted by molar-refractivity contribution is 0.322. The summed E-state index contributed by atoms with van der Waals surface area (Å²) in [6, 6.07) is 3.88. The Morgan fingerprint density at radius 1 is 1.24 bits per heavy atom. The molecule has 1 aromatic carbocycles. The van der Waals surface area contributed by atoms with Crippen molar-refractivity contribution in [1.82, 2.24) is 0 Å². The first-order chi connectivity index (χ1) is 8.26. The molecule has 0 amide bonds. The molecule has 0 saturated heterocycles. The van der Waals surface area contributed by atoms with Gasteiger partial charge in [-0.2, -0.15) is 0 Å². The van der Waals surface area contributed by atoms with Gasteiger partial charge in [0.1, 0.15) is 11.5 Å². The number of methoxy groups -OCH3 is 2. The molecule has 5 heteroatoms. The van der Waals surface area contributed by atoms with E-state index < -0.39 is 0 Å². The summed E-state index contributed by atoms with van der Waals surface area (Å²) in [5.41, 5.74) is 6.60. The lowest BCUT2D eigenvalue weighted by Gasteiger charge is -2.14. The number of hydrogen-bond donors (Lipinski definition) is 2. The number of rotatable bonds is 7. The van der Waals surface area contributed by atoms with E-state index in [2.05, 4.69) is 0 Å². The molecule has 0 atom stereocenters. The number of hydrogen-bond acceptors (Lipinski definition) is 5. The highest BCUT2D eigenvalue weighted by Gasteiger charge is 2.11. The van der Waals surface area contributed by atoms with Crippen LogP contribution in [0.25, 0.3) is 0 Å². The molecule has 0 fully saturated rings. The van der Waals surface area contributed by atoms with Crippen LogP contribution in [0.15, 0.2) is 17.0 Å². The lowest BCUT2D eigenvalue weighted by Crippen LogP contribution is -2.05. The van der Waals surface area contributed by atoms with Crippen molar-refractivity contribution in [3.05, 3.63) is 17.7 Å². The minimum Gasteiger partial charge on any atom is -0.496 e. The molecule has 0 aliphatic carbocycles. The van der Waals surface area contributed by atoms with Gasteiger partial charge in [0.05, 0.1) is 25.7 Å². The summed E-state index contributed by atoms with van der Waals surface area (Å²) in [7, 11) is 3.28. The molecule has 0 spiro atoms. The van der Waals surface area contributed by atoms with Gasteiger partial charge in [-0.1, -0.05) is 0 Å². The average molecular weight is 257 g/mol. The van der Waals surface area contributed by atoms with Crippen molar-refractivity contribution in [3.63, 3.8) is 0 Å². The second-order valence-corrected chi connectivity index (χ2v) is 4.56. The van der Waals surface area contributed by atoms with E-state index in [0.29, 0.717) is 12.3 Å². The molecule has 17 heavy (non-hydrogen) atoms. The summed E-state index contributed by atoms with van der Waals surface area (Å²) in [6.07, 6.45) is 0.754. The van der Waals surface area contributed by atoms with Crippen LogP contribution >= 0.6 is 11.8 Å². The molecular weight excluding hydrogens is 238 g/mol. The Hall–Kier alpha value is -0.910. The molecule has 0 bridgehead atoms. The van der Waals surface area contributed by atoms with Crippen LogP contribution in [-0.2, 0) is 6.42 Å². The second-order valence-electron chi connectivity index (χ2n) is 3.43. The molecule has 0 aliphatic heterocycles. The Balaban J connectivity index is 3.04. The maximum Gasteiger partial charge on any atom is 0.132 e. The molecule has 4 nitrogen and oxygen atoms in total. The molecular formula is C12H19NO3S. The van der Waals surface area contributed by atoms with Gasteiger partial charge in [-0.25, -0.2) is 0 Å². The van der Waals surface area contributed by atoms with E-state index in [9.17, 15) is 0 Å². The van der Waals surface area contributed by atoms with E-state index in [0.717, 1.165) is 28.4 Å². The monoisotopic (exact) mass is 257 g/mol. The summed E-state index contributed by atoms with van der Waals surface area (Å²) < 4.78 is 10.7. The summed E-state index contributed by atoms with van der Waals surface area (Å²) in [4.78, 5) is 0.971. The van der Waals surface area contributed by atoms with Crippen LogP contribution in [0.3, 0.4) is 0 Å². The molecule has 0 radical (unpaired) electrons. The number of benzene rings is 1. The van der Waals surface area contributed by atoms with Gasteiger partial charge in [-0.3, -0.25) is 0 Å². The number of aliphatic hydroxyl groups is 1. The average Bonchev–Trinajstić information content (AvgIpc) is 2.36. The van der Waals surface area contributed by atoms with Crippen LogP contribution < -0.4 is 15.2 Å². The molecule has 3 N–H and O–H groups in total. The number of nitrogens with two attached hydrogens (primary N) is 1. The smallest absolute Gasteiger partial charge is 0.132 e. The molecule has 96 valence electrons. The maximum absolute atomic E-state index is 8.85. The van der Waals surface area contributed by atoms with Crippen molar-refractivity contribution in [2.45, 2.75) is 11.3 Å². The third-order valence-corrected chi connectivity index (χ3v) is 3.35. The molecule has 1 rings (SSSR count). The zero-order valence-corrected chi connectivity index (χ0v) is 11.0. The van der Waals surface area contributed by atoms with Crippen LogP contribution in [0.4, 0.5) is 0 Å². The molecule has 0 unspecified atom stereocenters. The first kappa shape index (κ1) is 14.2. The standard InChI is InChI=1S/C12H19NO3S/c1-15-10-8-12(17-6-5-14)11(16-2)7-9(10)3-4-13/h7-8,14H,3-6,13H2,1-2H3. The Kier molecular flexibility index (Phi) is 6.18. The summed E-state index contributed by atoms with van der Waals surface area (Å²) in [5.74, 6) is 2.25. The zero-order chi connectivity index (χ0) is 12.7. The van der Waals surface area contributed by atoms with Crippen LogP contribution in [0.5, 0.6) is 11.5 Å². The Morgan fingerprint density at radius 3 is 2.47 bits per heavy atom. The fourth-order valence-corrected chi connectivity index (χ4v) is 2.34. The third kappa shape index (κ3) is 3.80. The van der Waals surface area contributed by atoms with Crippen molar-refractivity contribution in [1.29, 1.82) is 0 Å². The fraction of sp³-hybridized carbons (Fsp3) is 0.500. The lowest BCUT2D eigenvalue weighted by atomic mass is 10.1. The van der Waals surface area contributed by atoms with Gasteiger partial charge in [0, 0.05) is 5.75 Å².